The summed E-state index contributed by atoms with van der Waals surface area (Å²) in [6.07, 6.45) is 0. The van der Waals surface area contributed by atoms with Crippen molar-refractivity contribution in [2.45, 2.75) is 0 Å². The van der Waals surface area contributed by atoms with Gasteiger partial charge in [-0.25, -0.2) is 0 Å². The van der Waals surface area contributed by atoms with Crippen LogP contribution in [-0.4, -0.2) is 0 Å². The summed E-state index contributed by atoms with van der Waals surface area (Å²) in [5.41, 5.74) is 5.87. The standard InChI is InChI=1S/C46H29NS/c1-2-9-30(10-3-1)31-21-23-36(24-22-31)47(43-15-8-12-34-28-42-40-14-6-7-16-44(40)48-45(42)29-41(34)43)37-25-26-39-35(27-37)20-19-33-18-17-32-11-4-5-13-38(32)46(33)39/h1-29H. The zero-order valence-corrected chi connectivity index (χ0v) is 26.9. The van der Waals surface area contributed by atoms with Gasteiger partial charge in [0.05, 0.1) is 5.69 Å². The highest BCUT2D eigenvalue weighted by Gasteiger charge is 2.18. The van der Waals surface area contributed by atoms with Crippen molar-refractivity contribution in [3.05, 3.63) is 176 Å². The fourth-order valence-corrected chi connectivity index (χ4v) is 8.63. The van der Waals surface area contributed by atoms with E-state index >= 15 is 0 Å². The topological polar surface area (TPSA) is 3.24 Å². The third-order valence-corrected chi connectivity index (χ3v) is 10.9. The van der Waals surface area contributed by atoms with Crippen LogP contribution in [0.15, 0.2) is 176 Å². The molecule has 0 atom stereocenters. The average molecular weight is 628 g/mol. The Bertz CT molecular complexity index is 2830. The Morgan fingerprint density at radius 2 is 0.979 bits per heavy atom. The second-order valence-corrected chi connectivity index (χ2v) is 13.6. The van der Waals surface area contributed by atoms with Crippen LogP contribution in [0, 0.1) is 0 Å². The average Bonchev–Trinajstić information content (AvgIpc) is 3.52. The zero-order chi connectivity index (χ0) is 31.6. The van der Waals surface area contributed by atoms with Crippen LogP contribution in [0.2, 0.25) is 0 Å². The molecule has 10 aromatic rings. The van der Waals surface area contributed by atoms with Crippen LogP contribution in [0.5, 0.6) is 0 Å². The van der Waals surface area contributed by atoms with Crippen molar-refractivity contribution in [1.29, 1.82) is 0 Å². The van der Waals surface area contributed by atoms with E-state index in [2.05, 4.69) is 181 Å². The lowest BCUT2D eigenvalue weighted by Gasteiger charge is -2.27. The van der Waals surface area contributed by atoms with Gasteiger partial charge in [0, 0.05) is 36.9 Å². The van der Waals surface area contributed by atoms with Crippen LogP contribution in [0.1, 0.15) is 0 Å². The Labute approximate surface area is 282 Å². The molecule has 1 nitrogen and oxygen atoms in total. The first-order valence-electron chi connectivity index (χ1n) is 16.4. The summed E-state index contributed by atoms with van der Waals surface area (Å²) in [6, 6.07) is 64.6. The van der Waals surface area contributed by atoms with Crippen LogP contribution in [0.4, 0.5) is 17.1 Å². The second-order valence-electron chi connectivity index (χ2n) is 12.5. The molecule has 0 saturated heterocycles. The molecule has 0 amide bonds. The zero-order valence-electron chi connectivity index (χ0n) is 26.1. The minimum absolute atomic E-state index is 1.13. The monoisotopic (exact) mass is 627 g/mol. The van der Waals surface area contributed by atoms with E-state index in [9.17, 15) is 0 Å². The van der Waals surface area contributed by atoms with Crippen LogP contribution in [0.25, 0.3) is 74.4 Å². The van der Waals surface area contributed by atoms with Gasteiger partial charge in [-0.05, 0) is 97.4 Å². The van der Waals surface area contributed by atoms with Gasteiger partial charge in [0.2, 0.25) is 0 Å². The van der Waals surface area contributed by atoms with E-state index in [1.165, 1.54) is 80.1 Å². The predicted molar refractivity (Wildman–Crippen MR) is 209 cm³/mol. The molecule has 0 radical (unpaired) electrons. The third-order valence-electron chi connectivity index (χ3n) is 9.79. The number of thiophene rings is 1. The van der Waals surface area contributed by atoms with E-state index in [0.29, 0.717) is 0 Å². The third kappa shape index (κ3) is 4.31. The maximum absolute atomic E-state index is 2.43. The van der Waals surface area contributed by atoms with Gasteiger partial charge in [-0.15, -0.1) is 11.3 Å². The smallest absolute Gasteiger partial charge is 0.0540 e. The maximum Gasteiger partial charge on any atom is 0.0540 e. The maximum atomic E-state index is 2.43. The Morgan fingerprint density at radius 3 is 1.85 bits per heavy atom. The first-order valence-corrected chi connectivity index (χ1v) is 17.2. The normalized spacial score (nSPS) is 11.8. The number of benzene rings is 9. The molecular weight excluding hydrogens is 599 g/mol. The van der Waals surface area contributed by atoms with Gasteiger partial charge in [0.25, 0.3) is 0 Å². The van der Waals surface area contributed by atoms with Crippen molar-refractivity contribution in [3.63, 3.8) is 0 Å². The van der Waals surface area contributed by atoms with Crippen LogP contribution >= 0.6 is 11.3 Å². The summed E-state index contributed by atoms with van der Waals surface area (Å²) < 4.78 is 2.64. The van der Waals surface area contributed by atoms with Crippen molar-refractivity contribution in [1.82, 2.24) is 0 Å². The molecule has 0 N–H and O–H groups in total. The van der Waals surface area contributed by atoms with Gasteiger partial charge >= 0.3 is 0 Å². The Hall–Kier alpha value is -5.96. The van der Waals surface area contributed by atoms with E-state index in [1.54, 1.807) is 0 Å². The lowest BCUT2D eigenvalue weighted by molar-refractivity contribution is 1.30. The number of nitrogens with zero attached hydrogens (tertiary/aromatic N) is 1. The summed E-state index contributed by atoms with van der Waals surface area (Å²) in [5, 5.41) is 12.8. The van der Waals surface area contributed by atoms with Crippen LogP contribution in [-0.2, 0) is 0 Å². The van der Waals surface area contributed by atoms with E-state index in [4.69, 9.17) is 0 Å². The summed E-state index contributed by atoms with van der Waals surface area (Å²) in [5.74, 6) is 0. The fourth-order valence-electron chi connectivity index (χ4n) is 7.50. The molecule has 1 aromatic heterocycles. The first kappa shape index (κ1) is 27.2. The number of hydrogen-bond acceptors (Lipinski definition) is 2. The summed E-state index contributed by atoms with van der Waals surface area (Å²) in [6.45, 7) is 0. The van der Waals surface area contributed by atoms with Crippen molar-refractivity contribution >= 4 is 91.7 Å². The Kier molecular flexibility index (Phi) is 6.12. The molecule has 224 valence electrons. The molecule has 1 heterocycles. The molecule has 0 bridgehead atoms. The lowest BCUT2D eigenvalue weighted by Crippen LogP contribution is -2.10. The SMILES string of the molecule is c1ccc(-c2ccc(N(c3ccc4c(ccc5ccc6ccccc6c54)c3)c3cccc4cc5c(cc34)sc3ccccc35)cc2)cc1. The van der Waals surface area contributed by atoms with Gasteiger partial charge in [0.15, 0.2) is 0 Å². The highest BCUT2D eigenvalue weighted by atomic mass is 32.1. The van der Waals surface area contributed by atoms with Crippen molar-refractivity contribution in [3.8, 4) is 11.1 Å². The minimum atomic E-state index is 1.13. The van der Waals surface area contributed by atoms with Crippen LogP contribution in [0.3, 0.4) is 0 Å². The molecule has 0 fully saturated rings. The molecule has 0 unspecified atom stereocenters. The quantitative estimate of drug-likeness (QED) is 0.176. The molecule has 10 rings (SSSR count). The molecule has 2 heteroatoms. The largest absolute Gasteiger partial charge is 0.310 e. The van der Waals surface area contributed by atoms with Gasteiger partial charge in [-0.1, -0.05) is 127 Å². The molecule has 0 aliphatic heterocycles. The second kappa shape index (κ2) is 10.8. The van der Waals surface area contributed by atoms with Gasteiger partial charge in [-0.2, -0.15) is 0 Å². The van der Waals surface area contributed by atoms with Gasteiger partial charge in [-0.3, -0.25) is 0 Å². The number of anilines is 3. The van der Waals surface area contributed by atoms with E-state index in [1.807, 2.05) is 11.3 Å². The molecule has 0 aliphatic carbocycles. The number of hydrogen-bond donors (Lipinski definition) is 0. The molecule has 48 heavy (non-hydrogen) atoms. The highest BCUT2D eigenvalue weighted by Crippen LogP contribution is 2.44. The van der Waals surface area contributed by atoms with E-state index in [0.717, 1.165) is 11.4 Å². The minimum Gasteiger partial charge on any atom is -0.310 e. The van der Waals surface area contributed by atoms with Gasteiger partial charge in [0.1, 0.15) is 0 Å². The highest BCUT2D eigenvalue weighted by molar-refractivity contribution is 7.25. The van der Waals surface area contributed by atoms with Crippen molar-refractivity contribution in [2.24, 2.45) is 0 Å². The predicted octanol–water partition coefficient (Wildman–Crippen LogP) is 13.8. The fraction of sp³-hybridized carbons (Fsp3) is 0. The number of fused-ring (bicyclic) bond motifs is 9. The summed E-state index contributed by atoms with van der Waals surface area (Å²) in [7, 11) is 0. The number of rotatable bonds is 4. The Morgan fingerprint density at radius 1 is 0.333 bits per heavy atom. The Balaban J connectivity index is 1.21. The molecular formula is C46H29NS. The molecule has 0 aliphatic rings. The first-order chi connectivity index (χ1) is 23.8. The molecule has 9 aromatic carbocycles. The summed E-state index contributed by atoms with van der Waals surface area (Å²) in [4.78, 5) is 2.43. The van der Waals surface area contributed by atoms with E-state index in [-0.39, 0.29) is 0 Å². The van der Waals surface area contributed by atoms with Crippen molar-refractivity contribution in [2.75, 3.05) is 4.90 Å². The molecule has 0 saturated carbocycles. The molecule has 0 spiro atoms. The van der Waals surface area contributed by atoms with Crippen LogP contribution < -0.4 is 4.90 Å². The van der Waals surface area contributed by atoms with Crippen molar-refractivity contribution < 1.29 is 0 Å². The summed E-state index contributed by atoms with van der Waals surface area (Å²) >= 11 is 1.87. The van der Waals surface area contributed by atoms with Gasteiger partial charge < -0.3 is 4.90 Å². The lowest BCUT2D eigenvalue weighted by atomic mass is 9.96. The van der Waals surface area contributed by atoms with E-state index < -0.39 is 0 Å².